The first-order chi connectivity index (χ1) is 12.1. The van der Waals surface area contributed by atoms with Crippen LogP contribution in [-0.2, 0) is 4.79 Å². The van der Waals surface area contributed by atoms with Gasteiger partial charge < -0.3 is 9.73 Å². The Morgan fingerprint density at radius 3 is 2.56 bits per heavy atom. The summed E-state index contributed by atoms with van der Waals surface area (Å²) in [6.45, 7) is 0. The zero-order chi connectivity index (χ0) is 17.6. The minimum Gasteiger partial charge on any atom is -0.411 e. The molecule has 0 bridgehead atoms. The van der Waals surface area contributed by atoms with Crippen LogP contribution < -0.4 is 5.32 Å². The Bertz CT molecular complexity index is 917. The van der Waals surface area contributed by atoms with Gasteiger partial charge in [-0.3, -0.25) is 4.79 Å². The highest BCUT2D eigenvalue weighted by Crippen LogP contribution is 2.23. The van der Waals surface area contributed by atoms with Crippen molar-refractivity contribution in [1.82, 2.24) is 10.2 Å². The van der Waals surface area contributed by atoms with E-state index in [1.54, 1.807) is 24.3 Å². The molecule has 2 aromatic carbocycles. The lowest BCUT2D eigenvalue weighted by Gasteiger charge is -2.03. The van der Waals surface area contributed by atoms with Gasteiger partial charge in [0.2, 0.25) is 11.8 Å². The van der Waals surface area contributed by atoms with E-state index in [9.17, 15) is 9.18 Å². The van der Waals surface area contributed by atoms with Gasteiger partial charge in [0.25, 0.3) is 5.22 Å². The van der Waals surface area contributed by atoms with Crippen LogP contribution in [0.4, 0.5) is 10.1 Å². The summed E-state index contributed by atoms with van der Waals surface area (Å²) in [7, 11) is 0. The number of nitrogens with one attached hydrogen (secondary N) is 1. The molecule has 25 heavy (non-hydrogen) atoms. The summed E-state index contributed by atoms with van der Waals surface area (Å²) in [6, 6.07) is 14.2. The van der Waals surface area contributed by atoms with Crippen LogP contribution in [0.2, 0.25) is 0 Å². The molecule has 0 fully saturated rings. The van der Waals surface area contributed by atoms with Crippen molar-refractivity contribution in [2.75, 3.05) is 11.1 Å². The van der Waals surface area contributed by atoms with Crippen molar-refractivity contribution in [3.63, 3.8) is 0 Å². The largest absolute Gasteiger partial charge is 0.411 e. The fourth-order valence-corrected chi connectivity index (χ4v) is 2.49. The van der Waals surface area contributed by atoms with Crippen molar-refractivity contribution in [2.24, 2.45) is 0 Å². The normalized spacial score (nSPS) is 10.2. The molecule has 3 rings (SSSR count). The summed E-state index contributed by atoms with van der Waals surface area (Å²) in [4.78, 5) is 11.9. The third kappa shape index (κ3) is 4.43. The number of thioether (sulfide) groups is 1. The first-order valence-corrected chi connectivity index (χ1v) is 8.15. The molecule has 0 aliphatic carbocycles. The zero-order valence-electron chi connectivity index (χ0n) is 12.8. The molecule has 0 saturated carbocycles. The van der Waals surface area contributed by atoms with Crippen molar-refractivity contribution < 1.29 is 13.6 Å². The SMILES string of the molecule is N#Cc1ccc(NC(=O)CSc2nnc(-c3ccc(F)cc3)o2)cc1. The Labute approximate surface area is 146 Å². The minimum absolute atomic E-state index is 0.0883. The lowest BCUT2D eigenvalue weighted by Crippen LogP contribution is -2.13. The molecule has 6 nitrogen and oxygen atoms in total. The van der Waals surface area contributed by atoms with Crippen LogP contribution in [0, 0.1) is 17.1 Å². The Hall–Kier alpha value is -3.18. The van der Waals surface area contributed by atoms with E-state index in [-0.39, 0.29) is 28.6 Å². The topological polar surface area (TPSA) is 91.8 Å². The maximum absolute atomic E-state index is 12.9. The smallest absolute Gasteiger partial charge is 0.277 e. The number of aromatic nitrogens is 2. The predicted molar refractivity (Wildman–Crippen MR) is 90.2 cm³/mol. The van der Waals surface area contributed by atoms with E-state index < -0.39 is 0 Å². The molecular formula is C17H11FN4O2S. The molecule has 0 unspecified atom stereocenters. The van der Waals surface area contributed by atoms with Gasteiger partial charge in [-0.15, -0.1) is 10.2 Å². The van der Waals surface area contributed by atoms with E-state index in [0.717, 1.165) is 11.8 Å². The highest BCUT2D eigenvalue weighted by molar-refractivity contribution is 7.99. The summed E-state index contributed by atoms with van der Waals surface area (Å²) >= 11 is 1.10. The average molecular weight is 354 g/mol. The summed E-state index contributed by atoms with van der Waals surface area (Å²) in [5.74, 6) is -0.242. The highest BCUT2D eigenvalue weighted by atomic mass is 32.2. The molecule has 3 aromatic rings. The summed E-state index contributed by atoms with van der Waals surface area (Å²) < 4.78 is 18.4. The molecule has 1 amide bonds. The Morgan fingerprint density at radius 1 is 1.16 bits per heavy atom. The van der Waals surface area contributed by atoms with Crippen LogP contribution in [0.1, 0.15) is 5.56 Å². The third-order valence-corrected chi connectivity index (χ3v) is 3.94. The van der Waals surface area contributed by atoms with Crippen LogP contribution in [-0.4, -0.2) is 21.9 Å². The van der Waals surface area contributed by atoms with Gasteiger partial charge in [-0.25, -0.2) is 4.39 Å². The number of nitriles is 1. The van der Waals surface area contributed by atoms with Crippen LogP contribution >= 0.6 is 11.8 Å². The molecular weight excluding hydrogens is 343 g/mol. The number of hydrogen-bond donors (Lipinski definition) is 1. The Morgan fingerprint density at radius 2 is 1.88 bits per heavy atom. The number of carbonyl (C=O) groups is 1. The second kappa shape index (κ2) is 7.59. The first kappa shape index (κ1) is 16.7. The summed E-state index contributed by atoms with van der Waals surface area (Å²) in [5, 5.41) is 19.4. The van der Waals surface area contributed by atoms with Gasteiger partial charge in [-0.2, -0.15) is 5.26 Å². The molecule has 0 aliphatic rings. The number of benzene rings is 2. The second-order valence-corrected chi connectivity index (χ2v) is 5.83. The van der Waals surface area contributed by atoms with Crippen molar-refractivity contribution in [1.29, 1.82) is 5.26 Å². The van der Waals surface area contributed by atoms with Crippen LogP contribution in [0.3, 0.4) is 0 Å². The number of amides is 1. The average Bonchev–Trinajstić information content (AvgIpc) is 3.10. The lowest BCUT2D eigenvalue weighted by atomic mass is 10.2. The standard InChI is InChI=1S/C17H11FN4O2S/c18-13-5-3-12(4-6-13)16-21-22-17(24-16)25-10-15(23)20-14-7-1-11(9-19)2-8-14/h1-8H,10H2,(H,20,23). The van der Waals surface area contributed by atoms with Crippen molar-refractivity contribution >= 4 is 23.4 Å². The van der Waals surface area contributed by atoms with Gasteiger partial charge in [0.15, 0.2) is 0 Å². The van der Waals surface area contributed by atoms with E-state index in [1.165, 1.54) is 24.3 Å². The fourth-order valence-electron chi connectivity index (χ4n) is 1.93. The van der Waals surface area contributed by atoms with E-state index in [2.05, 4.69) is 15.5 Å². The highest BCUT2D eigenvalue weighted by Gasteiger charge is 2.11. The Kier molecular flexibility index (Phi) is 5.06. The predicted octanol–water partition coefficient (Wildman–Crippen LogP) is 3.48. The molecule has 124 valence electrons. The lowest BCUT2D eigenvalue weighted by molar-refractivity contribution is -0.113. The van der Waals surface area contributed by atoms with Crippen LogP contribution in [0.25, 0.3) is 11.5 Å². The number of rotatable bonds is 5. The fraction of sp³-hybridized carbons (Fsp3) is 0.0588. The molecule has 0 saturated heterocycles. The van der Waals surface area contributed by atoms with E-state index in [4.69, 9.17) is 9.68 Å². The third-order valence-electron chi connectivity index (χ3n) is 3.12. The van der Waals surface area contributed by atoms with Gasteiger partial charge in [-0.1, -0.05) is 11.8 Å². The quantitative estimate of drug-likeness (QED) is 0.705. The number of hydrogen-bond acceptors (Lipinski definition) is 6. The van der Waals surface area contributed by atoms with E-state index in [0.29, 0.717) is 16.8 Å². The molecule has 1 N–H and O–H groups in total. The van der Waals surface area contributed by atoms with Crippen molar-refractivity contribution in [2.45, 2.75) is 5.22 Å². The molecule has 0 atom stereocenters. The molecule has 0 aliphatic heterocycles. The number of anilines is 1. The van der Waals surface area contributed by atoms with Crippen LogP contribution in [0.5, 0.6) is 0 Å². The summed E-state index contributed by atoms with van der Waals surface area (Å²) in [5.41, 5.74) is 1.72. The Balaban J connectivity index is 1.55. The molecule has 8 heteroatoms. The maximum Gasteiger partial charge on any atom is 0.277 e. The van der Waals surface area contributed by atoms with Gasteiger partial charge in [0.05, 0.1) is 17.4 Å². The van der Waals surface area contributed by atoms with Gasteiger partial charge >= 0.3 is 0 Å². The van der Waals surface area contributed by atoms with Gasteiger partial charge in [0, 0.05) is 11.3 Å². The molecule has 0 spiro atoms. The van der Waals surface area contributed by atoms with Crippen molar-refractivity contribution in [3.8, 4) is 17.5 Å². The number of carbonyl (C=O) groups excluding carboxylic acids is 1. The van der Waals surface area contributed by atoms with Gasteiger partial charge in [0.1, 0.15) is 5.82 Å². The van der Waals surface area contributed by atoms with E-state index >= 15 is 0 Å². The maximum atomic E-state index is 12.9. The minimum atomic E-state index is -0.350. The van der Waals surface area contributed by atoms with Gasteiger partial charge in [-0.05, 0) is 48.5 Å². The summed E-state index contributed by atoms with van der Waals surface area (Å²) in [6.07, 6.45) is 0. The van der Waals surface area contributed by atoms with E-state index in [1.807, 2.05) is 6.07 Å². The number of nitrogens with zero attached hydrogens (tertiary/aromatic N) is 3. The number of halogens is 1. The zero-order valence-corrected chi connectivity index (χ0v) is 13.6. The van der Waals surface area contributed by atoms with Crippen molar-refractivity contribution in [3.05, 3.63) is 59.9 Å². The monoisotopic (exact) mass is 354 g/mol. The molecule has 1 heterocycles. The first-order valence-electron chi connectivity index (χ1n) is 7.16. The van der Waals surface area contributed by atoms with Crippen LogP contribution in [0.15, 0.2) is 58.2 Å². The molecule has 0 radical (unpaired) electrons. The molecule has 1 aromatic heterocycles. The second-order valence-electron chi connectivity index (χ2n) is 4.91.